The summed E-state index contributed by atoms with van der Waals surface area (Å²) < 4.78 is 10.2. The molecule has 6 N–H and O–H groups in total. The third-order valence-corrected chi connectivity index (χ3v) is 3.56. The summed E-state index contributed by atoms with van der Waals surface area (Å²) in [5.74, 6) is -3.48. The van der Waals surface area contributed by atoms with E-state index in [1.165, 1.54) is 24.3 Å². The SMILES string of the molecule is O=C(O)CNC(=O)c1cccc(O[C@@H]2O[C@H](C(=O)O)[C@@H](O)[C@H](O)[C@H]2O)c1. The molecule has 1 amide bonds. The number of hydrogen-bond acceptors (Lipinski definition) is 8. The van der Waals surface area contributed by atoms with Gasteiger partial charge in [-0.1, -0.05) is 6.07 Å². The van der Waals surface area contributed by atoms with E-state index in [0.29, 0.717) is 0 Å². The molecule has 0 radical (unpaired) electrons. The Labute approximate surface area is 146 Å². The van der Waals surface area contributed by atoms with Gasteiger partial charge >= 0.3 is 11.9 Å². The Morgan fingerprint density at radius 3 is 2.38 bits per heavy atom. The maximum absolute atomic E-state index is 11.8. The summed E-state index contributed by atoms with van der Waals surface area (Å²) in [5.41, 5.74) is 0.0458. The molecule has 0 aromatic heterocycles. The number of amides is 1. The van der Waals surface area contributed by atoms with Crippen molar-refractivity contribution in [2.75, 3.05) is 6.54 Å². The van der Waals surface area contributed by atoms with Gasteiger partial charge in [0.15, 0.2) is 6.10 Å². The maximum atomic E-state index is 11.8. The molecular formula is C15H17NO10. The average molecular weight is 371 g/mol. The normalized spacial score (nSPS) is 28.2. The van der Waals surface area contributed by atoms with Crippen molar-refractivity contribution >= 4 is 17.8 Å². The van der Waals surface area contributed by atoms with Gasteiger partial charge in [-0.3, -0.25) is 9.59 Å². The van der Waals surface area contributed by atoms with Crippen LogP contribution in [-0.2, 0) is 14.3 Å². The summed E-state index contributed by atoms with van der Waals surface area (Å²) in [6, 6.07) is 5.36. The van der Waals surface area contributed by atoms with Crippen molar-refractivity contribution in [2.45, 2.75) is 30.7 Å². The van der Waals surface area contributed by atoms with Crippen molar-refractivity contribution in [3.05, 3.63) is 29.8 Å². The molecule has 0 bridgehead atoms. The molecular weight excluding hydrogens is 354 g/mol. The summed E-state index contributed by atoms with van der Waals surface area (Å²) in [7, 11) is 0. The Balaban J connectivity index is 2.12. The van der Waals surface area contributed by atoms with Crippen LogP contribution in [0.3, 0.4) is 0 Å². The zero-order chi connectivity index (χ0) is 19.4. The summed E-state index contributed by atoms with van der Waals surface area (Å²) in [6.07, 6.45) is -8.86. The Kier molecular flexibility index (Phi) is 6.10. The third kappa shape index (κ3) is 4.46. The van der Waals surface area contributed by atoms with Crippen LogP contribution in [0, 0.1) is 0 Å². The fraction of sp³-hybridized carbons (Fsp3) is 0.400. The molecule has 0 unspecified atom stereocenters. The Morgan fingerprint density at radius 1 is 1.08 bits per heavy atom. The molecule has 11 heteroatoms. The van der Waals surface area contributed by atoms with Crippen molar-refractivity contribution in [1.82, 2.24) is 5.32 Å². The van der Waals surface area contributed by atoms with E-state index in [1.54, 1.807) is 0 Å². The minimum absolute atomic E-state index is 0.00949. The molecule has 1 aromatic carbocycles. The molecule has 1 aliphatic heterocycles. The van der Waals surface area contributed by atoms with Gasteiger partial charge in [-0.2, -0.15) is 0 Å². The molecule has 0 aliphatic carbocycles. The summed E-state index contributed by atoms with van der Waals surface area (Å²) in [4.78, 5) is 33.4. The van der Waals surface area contributed by atoms with Gasteiger partial charge < -0.3 is 40.3 Å². The first-order chi connectivity index (χ1) is 12.2. The van der Waals surface area contributed by atoms with Crippen LogP contribution in [0.5, 0.6) is 5.75 Å². The van der Waals surface area contributed by atoms with E-state index in [-0.39, 0.29) is 11.3 Å². The van der Waals surface area contributed by atoms with Gasteiger partial charge in [-0.15, -0.1) is 0 Å². The van der Waals surface area contributed by atoms with E-state index in [2.05, 4.69) is 5.32 Å². The van der Waals surface area contributed by atoms with Crippen LogP contribution in [0.2, 0.25) is 0 Å². The molecule has 0 spiro atoms. The Hall–Kier alpha value is -2.73. The van der Waals surface area contributed by atoms with E-state index in [9.17, 15) is 29.7 Å². The number of aliphatic hydroxyl groups is 3. The van der Waals surface area contributed by atoms with Gasteiger partial charge in [0.05, 0.1) is 0 Å². The number of benzene rings is 1. The predicted octanol–water partition coefficient (Wildman–Crippen LogP) is -2.23. The van der Waals surface area contributed by atoms with Gasteiger partial charge in [0, 0.05) is 5.56 Å². The lowest BCUT2D eigenvalue weighted by atomic mass is 9.99. The molecule has 1 aliphatic rings. The first kappa shape index (κ1) is 19.6. The fourth-order valence-electron chi connectivity index (χ4n) is 2.25. The molecule has 1 heterocycles. The number of ether oxygens (including phenoxy) is 2. The fourth-order valence-corrected chi connectivity index (χ4v) is 2.25. The van der Waals surface area contributed by atoms with Gasteiger partial charge in [0.25, 0.3) is 5.91 Å². The lowest BCUT2D eigenvalue weighted by molar-refractivity contribution is -0.271. The second-order valence-electron chi connectivity index (χ2n) is 5.46. The number of nitrogens with one attached hydrogen (secondary N) is 1. The zero-order valence-electron chi connectivity index (χ0n) is 13.2. The average Bonchev–Trinajstić information content (AvgIpc) is 2.60. The molecule has 2 rings (SSSR count). The molecule has 1 saturated heterocycles. The molecule has 11 nitrogen and oxygen atoms in total. The number of rotatable bonds is 6. The molecule has 142 valence electrons. The highest BCUT2D eigenvalue weighted by Gasteiger charge is 2.48. The molecule has 5 atom stereocenters. The third-order valence-electron chi connectivity index (χ3n) is 3.56. The number of aliphatic hydroxyl groups excluding tert-OH is 3. The van der Waals surface area contributed by atoms with Crippen molar-refractivity contribution in [1.29, 1.82) is 0 Å². The van der Waals surface area contributed by atoms with E-state index in [4.69, 9.17) is 19.7 Å². The van der Waals surface area contributed by atoms with Crippen molar-refractivity contribution in [2.24, 2.45) is 0 Å². The maximum Gasteiger partial charge on any atom is 0.335 e. The first-order valence-corrected chi connectivity index (χ1v) is 7.40. The summed E-state index contributed by atoms with van der Waals surface area (Å²) >= 11 is 0. The highest BCUT2D eigenvalue weighted by atomic mass is 16.7. The standard InChI is InChI=1S/C15H17NO10/c17-8(18)5-16-13(22)6-2-1-3-7(4-6)25-15-11(21)9(19)10(20)12(26-15)14(23)24/h1-4,9-12,15,19-21H,5H2,(H,16,22)(H,17,18)(H,23,24)/t9-,10-,11+,12-,15+/m0/s1. The summed E-state index contributed by atoms with van der Waals surface area (Å²) in [6.45, 7) is -0.585. The number of carbonyl (C=O) groups excluding carboxylic acids is 1. The molecule has 0 saturated carbocycles. The Morgan fingerprint density at radius 2 is 1.77 bits per heavy atom. The lowest BCUT2D eigenvalue weighted by Crippen LogP contribution is -2.61. The van der Waals surface area contributed by atoms with Crippen LogP contribution in [0.25, 0.3) is 0 Å². The van der Waals surface area contributed by atoms with E-state index >= 15 is 0 Å². The second kappa shape index (κ2) is 8.10. The summed E-state index contributed by atoms with van der Waals surface area (Å²) in [5, 5.41) is 48.9. The van der Waals surface area contributed by atoms with Crippen LogP contribution >= 0.6 is 0 Å². The predicted molar refractivity (Wildman–Crippen MR) is 81.4 cm³/mol. The van der Waals surface area contributed by atoms with Crippen LogP contribution < -0.4 is 10.1 Å². The van der Waals surface area contributed by atoms with Gasteiger partial charge in [0.1, 0.15) is 30.6 Å². The number of carbonyl (C=O) groups is 3. The largest absolute Gasteiger partial charge is 0.480 e. The van der Waals surface area contributed by atoms with E-state index in [1.807, 2.05) is 0 Å². The van der Waals surface area contributed by atoms with Crippen molar-refractivity contribution < 1.29 is 49.4 Å². The minimum atomic E-state index is -1.85. The van der Waals surface area contributed by atoms with E-state index in [0.717, 1.165) is 0 Å². The van der Waals surface area contributed by atoms with Gasteiger partial charge in [0.2, 0.25) is 6.29 Å². The number of carboxylic acid groups (broad SMARTS) is 2. The second-order valence-corrected chi connectivity index (χ2v) is 5.46. The van der Waals surface area contributed by atoms with Crippen LogP contribution in [-0.4, -0.2) is 80.6 Å². The van der Waals surface area contributed by atoms with Crippen molar-refractivity contribution in [3.63, 3.8) is 0 Å². The smallest absolute Gasteiger partial charge is 0.335 e. The zero-order valence-corrected chi connectivity index (χ0v) is 13.2. The minimum Gasteiger partial charge on any atom is -0.480 e. The topological polar surface area (TPSA) is 183 Å². The number of hydrogen-bond donors (Lipinski definition) is 6. The van der Waals surface area contributed by atoms with E-state index < -0.39 is 55.1 Å². The highest BCUT2D eigenvalue weighted by molar-refractivity contribution is 5.96. The first-order valence-electron chi connectivity index (χ1n) is 7.40. The molecule has 26 heavy (non-hydrogen) atoms. The van der Waals surface area contributed by atoms with Gasteiger partial charge in [-0.05, 0) is 18.2 Å². The molecule has 1 aromatic rings. The lowest BCUT2D eigenvalue weighted by Gasteiger charge is -2.38. The Bertz CT molecular complexity index is 693. The van der Waals surface area contributed by atoms with Crippen LogP contribution in [0.15, 0.2) is 24.3 Å². The highest BCUT2D eigenvalue weighted by Crippen LogP contribution is 2.25. The van der Waals surface area contributed by atoms with Crippen molar-refractivity contribution in [3.8, 4) is 5.75 Å². The number of carboxylic acids is 2. The quantitative estimate of drug-likeness (QED) is 0.320. The molecule has 1 fully saturated rings. The van der Waals surface area contributed by atoms with Crippen LogP contribution in [0.1, 0.15) is 10.4 Å². The number of aliphatic carboxylic acids is 2. The monoisotopic (exact) mass is 371 g/mol. The van der Waals surface area contributed by atoms with Gasteiger partial charge in [-0.25, -0.2) is 4.79 Å². The van der Waals surface area contributed by atoms with Crippen LogP contribution in [0.4, 0.5) is 0 Å².